The van der Waals surface area contributed by atoms with Crippen molar-refractivity contribution >= 4 is 16.7 Å². The van der Waals surface area contributed by atoms with Gasteiger partial charge in [0, 0.05) is 6.20 Å². The fourth-order valence-electron chi connectivity index (χ4n) is 1.18. The van der Waals surface area contributed by atoms with Gasteiger partial charge in [-0.3, -0.25) is 10.1 Å². The summed E-state index contributed by atoms with van der Waals surface area (Å²) >= 11 is 0. The Balaban J connectivity index is 2.88. The standard InChI is InChI=1S/C7H5N3O3/c11-5-3-9-7-4(1-2-8-7)6(5)10(12)13/h1-3,11H,(H,8,9). The minimum absolute atomic E-state index is 0.310. The SMILES string of the molecule is O=[N+]([O-])c1c(O)cnc2[nH]ccc12. The van der Waals surface area contributed by atoms with Crippen LogP contribution in [0.1, 0.15) is 0 Å². The monoisotopic (exact) mass is 179 g/mol. The van der Waals surface area contributed by atoms with Crippen molar-refractivity contribution in [3.8, 4) is 5.75 Å². The molecule has 0 aliphatic carbocycles. The van der Waals surface area contributed by atoms with Crippen molar-refractivity contribution in [2.45, 2.75) is 0 Å². The molecule has 6 nitrogen and oxygen atoms in total. The predicted molar refractivity (Wildman–Crippen MR) is 44.4 cm³/mol. The number of aromatic hydroxyl groups is 1. The molecule has 13 heavy (non-hydrogen) atoms. The van der Waals surface area contributed by atoms with Gasteiger partial charge in [0.15, 0.2) is 0 Å². The summed E-state index contributed by atoms with van der Waals surface area (Å²) < 4.78 is 0. The predicted octanol–water partition coefficient (Wildman–Crippen LogP) is 1.18. The highest BCUT2D eigenvalue weighted by Gasteiger charge is 2.18. The lowest BCUT2D eigenvalue weighted by atomic mass is 10.3. The molecule has 0 aliphatic heterocycles. The Kier molecular flexibility index (Phi) is 1.42. The number of nitrogens with one attached hydrogen (secondary N) is 1. The smallest absolute Gasteiger partial charge is 0.323 e. The largest absolute Gasteiger partial charge is 0.501 e. The molecule has 0 bridgehead atoms. The summed E-state index contributed by atoms with van der Waals surface area (Å²) in [6, 6.07) is 1.50. The van der Waals surface area contributed by atoms with E-state index in [1.165, 1.54) is 12.3 Å². The molecule has 6 heteroatoms. The van der Waals surface area contributed by atoms with Gasteiger partial charge in [0.2, 0.25) is 5.75 Å². The molecule has 2 aromatic heterocycles. The van der Waals surface area contributed by atoms with Gasteiger partial charge in [0.1, 0.15) is 11.0 Å². The number of nitrogens with zero attached hydrogens (tertiary/aromatic N) is 2. The molecule has 0 atom stereocenters. The lowest BCUT2D eigenvalue weighted by Crippen LogP contribution is -1.90. The molecule has 2 aromatic rings. The highest BCUT2D eigenvalue weighted by Crippen LogP contribution is 2.31. The zero-order chi connectivity index (χ0) is 9.42. The molecule has 0 amide bonds. The van der Waals surface area contributed by atoms with Crippen molar-refractivity contribution in [3.05, 3.63) is 28.6 Å². The fourth-order valence-corrected chi connectivity index (χ4v) is 1.18. The second-order valence-electron chi connectivity index (χ2n) is 2.49. The molecule has 0 saturated carbocycles. The minimum atomic E-state index is -0.632. The van der Waals surface area contributed by atoms with Crippen molar-refractivity contribution in [3.63, 3.8) is 0 Å². The van der Waals surface area contributed by atoms with E-state index in [0.717, 1.165) is 6.20 Å². The van der Waals surface area contributed by atoms with E-state index in [-0.39, 0.29) is 5.69 Å². The number of rotatable bonds is 1. The molecule has 66 valence electrons. The van der Waals surface area contributed by atoms with Crippen LogP contribution in [-0.4, -0.2) is 20.0 Å². The van der Waals surface area contributed by atoms with Crippen LogP contribution in [0.15, 0.2) is 18.5 Å². The Labute approximate surface area is 72.0 Å². The fraction of sp³-hybridized carbons (Fsp3) is 0. The van der Waals surface area contributed by atoms with Crippen LogP contribution >= 0.6 is 0 Å². The first kappa shape index (κ1) is 7.53. The van der Waals surface area contributed by atoms with Crippen LogP contribution in [0.5, 0.6) is 5.75 Å². The van der Waals surface area contributed by atoms with E-state index in [2.05, 4.69) is 9.97 Å². The molecular formula is C7H5N3O3. The van der Waals surface area contributed by atoms with Crippen LogP contribution in [0.25, 0.3) is 11.0 Å². The summed E-state index contributed by atoms with van der Waals surface area (Å²) in [5, 5.41) is 20.0. The zero-order valence-electron chi connectivity index (χ0n) is 6.39. The third-order valence-electron chi connectivity index (χ3n) is 1.72. The number of nitro groups is 1. The van der Waals surface area contributed by atoms with Gasteiger partial charge in [0.25, 0.3) is 0 Å². The van der Waals surface area contributed by atoms with Crippen LogP contribution < -0.4 is 0 Å². The maximum absolute atomic E-state index is 10.5. The number of pyridine rings is 1. The Morgan fingerprint density at radius 1 is 1.62 bits per heavy atom. The van der Waals surface area contributed by atoms with Crippen LogP contribution in [-0.2, 0) is 0 Å². The average Bonchev–Trinajstić information content (AvgIpc) is 2.50. The van der Waals surface area contributed by atoms with Crippen LogP contribution in [0, 0.1) is 10.1 Å². The van der Waals surface area contributed by atoms with Gasteiger partial charge in [-0.25, -0.2) is 4.98 Å². The van der Waals surface area contributed by atoms with Gasteiger partial charge in [-0.2, -0.15) is 0 Å². The average molecular weight is 179 g/mol. The number of fused-ring (bicyclic) bond motifs is 1. The van der Waals surface area contributed by atoms with E-state index in [9.17, 15) is 15.2 Å². The van der Waals surface area contributed by atoms with Gasteiger partial charge in [-0.15, -0.1) is 0 Å². The number of aromatic nitrogens is 2. The Morgan fingerprint density at radius 2 is 2.38 bits per heavy atom. The first-order chi connectivity index (χ1) is 6.20. The highest BCUT2D eigenvalue weighted by molar-refractivity contribution is 5.88. The summed E-state index contributed by atoms with van der Waals surface area (Å²) in [6.07, 6.45) is 2.58. The zero-order valence-corrected chi connectivity index (χ0v) is 6.39. The van der Waals surface area contributed by atoms with E-state index in [4.69, 9.17) is 0 Å². The van der Waals surface area contributed by atoms with Crippen LogP contribution in [0.3, 0.4) is 0 Å². The Hall–Kier alpha value is -2.11. The topological polar surface area (TPSA) is 92.1 Å². The Morgan fingerprint density at radius 3 is 3.08 bits per heavy atom. The molecular weight excluding hydrogens is 174 g/mol. The summed E-state index contributed by atoms with van der Waals surface area (Å²) in [4.78, 5) is 16.4. The molecule has 2 heterocycles. The molecule has 0 saturated heterocycles. The minimum Gasteiger partial charge on any atom is -0.501 e. The third-order valence-corrected chi connectivity index (χ3v) is 1.72. The van der Waals surface area contributed by atoms with Crippen molar-refractivity contribution in [1.29, 1.82) is 0 Å². The van der Waals surface area contributed by atoms with E-state index in [0.29, 0.717) is 11.0 Å². The van der Waals surface area contributed by atoms with E-state index < -0.39 is 10.7 Å². The van der Waals surface area contributed by atoms with E-state index in [1.807, 2.05) is 0 Å². The number of aromatic amines is 1. The normalized spacial score (nSPS) is 10.5. The molecule has 2 rings (SSSR count). The Bertz CT molecular complexity index is 477. The molecule has 2 N–H and O–H groups in total. The second-order valence-corrected chi connectivity index (χ2v) is 2.49. The second kappa shape index (κ2) is 2.44. The van der Waals surface area contributed by atoms with Gasteiger partial charge in [0.05, 0.1) is 11.1 Å². The van der Waals surface area contributed by atoms with Crippen molar-refractivity contribution < 1.29 is 10.0 Å². The molecule has 0 spiro atoms. The van der Waals surface area contributed by atoms with Crippen LogP contribution in [0.4, 0.5) is 5.69 Å². The highest BCUT2D eigenvalue weighted by atomic mass is 16.6. The summed E-state index contributed by atoms with van der Waals surface area (Å²) in [6.45, 7) is 0. The summed E-state index contributed by atoms with van der Waals surface area (Å²) in [5.41, 5.74) is 0.0794. The first-order valence-electron chi connectivity index (χ1n) is 3.49. The third kappa shape index (κ3) is 0.994. The lowest BCUT2D eigenvalue weighted by Gasteiger charge is -1.95. The molecule has 0 aromatic carbocycles. The first-order valence-corrected chi connectivity index (χ1v) is 3.49. The lowest BCUT2D eigenvalue weighted by molar-refractivity contribution is -0.384. The van der Waals surface area contributed by atoms with Gasteiger partial charge >= 0.3 is 5.69 Å². The van der Waals surface area contributed by atoms with Gasteiger partial charge in [-0.1, -0.05) is 0 Å². The van der Waals surface area contributed by atoms with Crippen molar-refractivity contribution in [2.75, 3.05) is 0 Å². The van der Waals surface area contributed by atoms with E-state index in [1.54, 1.807) is 0 Å². The maximum Gasteiger partial charge on any atom is 0.323 e. The van der Waals surface area contributed by atoms with E-state index >= 15 is 0 Å². The molecule has 0 unspecified atom stereocenters. The molecule has 0 aliphatic rings. The quantitative estimate of drug-likeness (QED) is 0.507. The van der Waals surface area contributed by atoms with Crippen molar-refractivity contribution in [2.24, 2.45) is 0 Å². The number of hydrogen-bond donors (Lipinski definition) is 2. The number of H-pyrrole nitrogens is 1. The van der Waals surface area contributed by atoms with Gasteiger partial charge in [-0.05, 0) is 6.07 Å². The summed E-state index contributed by atoms with van der Waals surface area (Å²) in [5.74, 6) is -0.419. The molecule has 0 fully saturated rings. The maximum atomic E-state index is 10.5. The van der Waals surface area contributed by atoms with Gasteiger partial charge < -0.3 is 10.1 Å². The van der Waals surface area contributed by atoms with Crippen LogP contribution in [0.2, 0.25) is 0 Å². The number of hydrogen-bond acceptors (Lipinski definition) is 4. The van der Waals surface area contributed by atoms with Crippen molar-refractivity contribution in [1.82, 2.24) is 9.97 Å². The summed E-state index contributed by atoms with van der Waals surface area (Å²) in [7, 11) is 0. The molecule has 0 radical (unpaired) electrons.